The minimum absolute atomic E-state index is 0.509. The van der Waals surface area contributed by atoms with Crippen molar-refractivity contribution in [2.24, 2.45) is 0 Å². The van der Waals surface area contributed by atoms with Crippen molar-refractivity contribution in [3.8, 4) is 6.07 Å². The van der Waals surface area contributed by atoms with E-state index in [1.165, 1.54) is 5.06 Å². The van der Waals surface area contributed by atoms with Crippen molar-refractivity contribution in [2.45, 2.75) is 24.9 Å². The smallest absolute Gasteiger partial charge is 0.127 e. The van der Waals surface area contributed by atoms with Gasteiger partial charge in [-0.1, -0.05) is 48.5 Å². The molecule has 2 atom stereocenters. The first-order valence-corrected chi connectivity index (χ1v) is 7.69. The molecule has 4 heteroatoms. The first-order valence-electron chi connectivity index (χ1n) is 7.69. The first kappa shape index (κ1) is 14.0. The van der Waals surface area contributed by atoms with Crippen LogP contribution in [0.25, 0.3) is 10.9 Å². The van der Waals surface area contributed by atoms with Crippen molar-refractivity contribution in [1.29, 1.82) is 5.26 Å². The molecule has 1 aliphatic rings. The van der Waals surface area contributed by atoms with E-state index in [0.29, 0.717) is 6.42 Å². The number of nitrogens with zero attached hydrogens (tertiary/aromatic N) is 2. The van der Waals surface area contributed by atoms with Gasteiger partial charge in [-0.2, -0.15) is 10.3 Å². The summed E-state index contributed by atoms with van der Waals surface area (Å²) in [6, 6.07) is 19.6. The summed E-state index contributed by atoms with van der Waals surface area (Å²) in [4.78, 5) is 3.47. The van der Waals surface area contributed by atoms with Crippen molar-refractivity contribution in [3.05, 3.63) is 71.4 Å². The van der Waals surface area contributed by atoms with Crippen LogP contribution in [-0.4, -0.2) is 21.3 Å². The molecule has 2 heterocycles. The molecular weight excluding hydrogens is 286 g/mol. The van der Waals surface area contributed by atoms with E-state index in [2.05, 4.69) is 17.1 Å². The topological polar surface area (TPSA) is 63.0 Å². The van der Waals surface area contributed by atoms with Crippen molar-refractivity contribution >= 4 is 10.9 Å². The maximum absolute atomic E-state index is 10.8. The molecular formula is C19H17N3O. The van der Waals surface area contributed by atoms with Gasteiger partial charge in [0.25, 0.3) is 0 Å². The lowest BCUT2D eigenvalue weighted by Crippen LogP contribution is -2.52. The Labute approximate surface area is 134 Å². The third-order valence-corrected chi connectivity index (χ3v) is 4.94. The van der Waals surface area contributed by atoms with Gasteiger partial charge in [0.1, 0.15) is 11.6 Å². The summed E-state index contributed by atoms with van der Waals surface area (Å²) in [5.41, 5.74) is 3.28. The summed E-state index contributed by atoms with van der Waals surface area (Å²) in [5, 5.41) is 22.6. The average molecular weight is 303 g/mol. The lowest BCUT2D eigenvalue weighted by atomic mass is 9.80. The summed E-state index contributed by atoms with van der Waals surface area (Å²) >= 11 is 0. The molecule has 0 fully saturated rings. The summed E-state index contributed by atoms with van der Waals surface area (Å²) in [5.74, 6) is 0. The Morgan fingerprint density at radius 3 is 2.61 bits per heavy atom. The second-order valence-electron chi connectivity index (χ2n) is 6.16. The van der Waals surface area contributed by atoms with Crippen LogP contribution in [-0.2, 0) is 12.0 Å². The van der Waals surface area contributed by atoms with E-state index in [9.17, 15) is 10.5 Å². The number of rotatable bonds is 1. The zero-order chi connectivity index (χ0) is 16.0. The molecule has 2 N–H and O–H groups in total. The molecule has 0 radical (unpaired) electrons. The highest BCUT2D eigenvalue weighted by Crippen LogP contribution is 2.43. The molecule has 0 saturated carbocycles. The Morgan fingerprint density at radius 1 is 1.17 bits per heavy atom. The van der Waals surface area contributed by atoms with E-state index in [1.54, 1.807) is 0 Å². The maximum atomic E-state index is 10.8. The standard InChI is InChI=1S/C19H17N3O/c1-19(13-7-3-2-4-8-13)18-16(11-14(12-20)22(19)23)15-9-5-6-10-17(15)21-18/h2-10,14,21,23H,11H2,1H3/t14-,19+/m1/s1. The van der Waals surface area contributed by atoms with Crippen LogP contribution in [0.15, 0.2) is 54.6 Å². The Kier molecular flexibility index (Phi) is 3.02. The molecule has 1 aliphatic heterocycles. The molecule has 114 valence electrons. The van der Waals surface area contributed by atoms with Gasteiger partial charge in [-0.15, -0.1) is 0 Å². The first-order chi connectivity index (χ1) is 11.2. The van der Waals surface area contributed by atoms with Crippen molar-refractivity contribution in [1.82, 2.24) is 10.0 Å². The highest BCUT2D eigenvalue weighted by molar-refractivity contribution is 5.85. The molecule has 0 saturated heterocycles. The van der Waals surface area contributed by atoms with Gasteiger partial charge in [-0.25, -0.2) is 0 Å². The third-order valence-electron chi connectivity index (χ3n) is 4.94. The van der Waals surface area contributed by atoms with Gasteiger partial charge < -0.3 is 10.2 Å². The largest absolute Gasteiger partial charge is 0.356 e. The molecule has 0 aliphatic carbocycles. The molecule has 0 unspecified atom stereocenters. The predicted molar refractivity (Wildman–Crippen MR) is 87.9 cm³/mol. The number of fused-ring (bicyclic) bond motifs is 3. The molecule has 2 aromatic carbocycles. The van der Waals surface area contributed by atoms with Crippen LogP contribution in [0.4, 0.5) is 0 Å². The number of hydrogen-bond donors (Lipinski definition) is 2. The second kappa shape index (κ2) is 4.95. The maximum Gasteiger partial charge on any atom is 0.127 e. The van der Waals surface area contributed by atoms with Crippen LogP contribution in [0.2, 0.25) is 0 Å². The Balaban J connectivity index is 2.05. The molecule has 3 aromatic rings. The lowest BCUT2D eigenvalue weighted by molar-refractivity contribution is -0.182. The van der Waals surface area contributed by atoms with Gasteiger partial charge in [0.05, 0.1) is 6.07 Å². The van der Waals surface area contributed by atoms with Gasteiger partial charge in [0.15, 0.2) is 0 Å². The fraction of sp³-hybridized carbons (Fsp3) is 0.211. The van der Waals surface area contributed by atoms with Crippen LogP contribution in [0.1, 0.15) is 23.7 Å². The summed E-state index contributed by atoms with van der Waals surface area (Å²) in [6.07, 6.45) is 0.509. The lowest BCUT2D eigenvalue weighted by Gasteiger charge is -2.43. The number of hydroxylamine groups is 2. The average Bonchev–Trinajstić information content (AvgIpc) is 2.98. The molecule has 4 rings (SSSR count). The molecule has 0 bridgehead atoms. The number of hydrogen-bond acceptors (Lipinski definition) is 3. The molecule has 4 nitrogen and oxygen atoms in total. The molecule has 23 heavy (non-hydrogen) atoms. The number of aromatic amines is 1. The minimum atomic E-state index is -0.783. The van der Waals surface area contributed by atoms with E-state index in [0.717, 1.165) is 27.7 Å². The van der Waals surface area contributed by atoms with Crippen LogP contribution in [0.5, 0.6) is 0 Å². The fourth-order valence-electron chi connectivity index (χ4n) is 3.67. The van der Waals surface area contributed by atoms with E-state index in [4.69, 9.17) is 0 Å². The monoisotopic (exact) mass is 303 g/mol. The number of H-pyrrole nitrogens is 1. The third kappa shape index (κ3) is 1.84. The van der Waals surface area contributed by atoms with Gasteiger partial charge in [0.2, 0.25) is 0 Å². The molecule has 0 spiro atoms. The van der Waals surface area contributed by atoms with Gasteiger partial charge in [-0.3, -0.25) is 0 Å². The Bertz CT molecular complexity index is 909. The van der Waals surface area contributed by atoms with E-state index in [-0.39, 0.29) is 0 Å². The normalized spacial score (nSPS) is 24.3. The molecule has 0 amide bonds. The van der Waals surface area contributed by atoms with Crippen LogP contribution in [0, 0.1) is 11.3 Å². The number of para-hydroxylation sites is 1. The number of nitriles is 1. The van der Waals surface area contributed by atoms with Gasteiger partial charge in [0, 0.05) is 23.0 Å². The van der Waals surface area contributed by atoms with Crippen molar-refractivity contribution in [2.75, 3.05) is 0 Å². The van der Waals surface area contributed by atoms with Gasteiger partial charge >= 0.3 is 0 Å². The van der Waals surface area contributed by atoms with Crippen molar-refractivity contribution in [3.63, 3.8) is 0 Å². The Hall–Kier alpha value is -2.61. The molecule has 1 aromatic heterocycles. The van der Waals surface area contributed by atoms with Crippen LogP contribution >= 0.6 is 0 Å². The van der Waals surface area contributed by atoms with Gasteiger partial charge in [-0.05, 0) is 24.1 Å². The van der Waals surface area contributed by atoms with E-state index < -0.39 is 11.6 Å². The fourth-order valence-corrected chi connectivity index (χ4v) is 3.67. The number of nitrogens with one attached hydrogen (secondary N) is 1. The minimum Gasteiger partial charge on any atom is -0.356 e. The quantitative estimate of drug-likeness (QED) is 0.722. The van der Waals surface area contributed by atoms with Crippen LogP contribution < -0.4 is 0 Å². The van der Waals surface area contributed by atoms with Crippen molar-refractivity contribution < 1.29 is 5.21 Å². The summed E-state index contributed by atoms with van der Waals surface area (Å²) in [7, 11) is 0. The zero-order valence-electron chi connectivity index (χ0n) is 12.8. The zero-order valence-corrected chi connectivity index (χ0v) is 12.8. The SMILES string of the molecule is C[C@]1(c2ccccc2)c2[nH]c3ccccc3c2C[C@H](C#N)N1O. The highest BCUT2D eigenvalue weighted by Gasteiger charge is 2.46. The number of aromatic nitrogens is 1. The summed E-state index contributed by atoms with van der Waals surface area (Å²) in [6.45, 7) is 1.96. The number of benzene rings is 2. The van der Waals surface area contributed by atoms with E-state index in [1.807, 2.05) is 55.5 Å². The predicted octanol–water partition coefficient (Wildman–Crippen LogP) is 3.57. The highest BCUT2D eigenvalue weighted by atomic mass is 16.5. The van der Waals surface area contributed by atoms with Crippen LogP contribution in [0.3, 0.4) is 0 Å². The second-order valence-corrected chi connectivity index (χ2v) is 6.16. The van der Waals surface area contributed by atoms with E-state index >= 15 is 0 Å². The Morgan fingerprint density at radius 2 is 1.87 bits per heavy atom. The summed E-state index contributed by atoms with van der Waals surface area (Å²) < 4.78 is 0.